The summed E-state index contributed by atoms with van der Waals surface area (Å²) in [6.45, 7) is 0.905. The van der Waals surface area contributed by atoms with Crippen LogP contribution in [0.1, 0.15) is 12.0 Å². The Morgan fingerprint density at radius 3 is 2.27 bits per heavy atom. The van der Waals surface area contributed by atoms with Gasteiger partial charge in [0, 0.05) is 58.1 Å². The number of anilines is 4. The number of benzene rings is 6. The first-order valence-corrected chi connectivity index (χ1v) is 16.6. The number of phenolic OH excluding ortho intramolecular Hbond substituents is 1. The SMILES string of the molecule is CN(c1ccccc1)c1cccc(-c2c(O)cccc2-n2c3ccccc3c3cc(N4CC5(C=CC=CC5)c5ccccc54)ccc32)c1. The number of hydrogen-bond acceptors (Lipinski definition) is 3. The van der Waals surface area contributed by atoms with Gasteiger partial charge in [-0.05, 0) is 84.3 Å². The van der Waals surface area contributed by atoms with Crippen LogP contribution in [0.2, 0.25) is 0 Å². The van der Waals surface area contributed by atoms with E-state index in [1.165, 1.54) is 27.7 Å². The highest BCUT2D eigenvalue weighted by Gasteiger charge is 2.41. The summed E-state index contributed by atoms with van der Waals surface area (Å²) < 4.78 is 2.31. The van der Waals surface area contributed by atoms with E-state index in [1.807, 2.05) is 12.1 Å². The van der Waals surface area contributed by atoms with Gasteiger partial charge in [0.05, 0.1) is 16.7 Å². The van der Waals surface area contributed by atoms with Crippen molar-refractivity contribution in [2.24, 2.45) is 0 Å². The normalized spacial score (nSPS) is 16.6. The van der Waals surface area contributed by atoms with Crippen LogP contribution in [-0.2, 0) is 5.41 Å². The number of allylic oxidation sites excluding steroid dienone is 3. The van der Waals surface area contributed by atoms with Gasteiger partial charge in [0.15, 0.2) is 0 Å². The van der Waals surface area contributed by atoms with Crippen molar-refractivity contribution in [1.82, 2.24) is 4.57 Å². The number of hydrogen-bond donors (Lipinski definition) is 1. The highest BCUT2D eigenvalue weighted by atomic mass is 16.3. The third-order valence-corrected chi connectivity index (χ3v) is 10.2. The van der Waals surface area contributed by atoms with Crippen LogP contribution in [0.3, 0.4) is 0 Å². The maximum Gasteiger partial charge on any atom is 0.125 e. The monoisotopic (exact) mass is 621 g/mol. The van der Waals surface area contributed by atoms with E-state index in [4.69, 9.17) is 0 Å². The Hall–Kier alpha value is -6.00. The van der Waals surface area contributed by atoms with Crippen LogP contribution < -0.4 is 9.80 Å². The lowest BCUT2D eigenvalue weighted by atomic mass is 9.77. The highest BCUT2D eigenvalue weighted by Crippen LogP contribution is 2.49. The molecule has 4 heteroatoms. The molecule has 1 aliphatic heterocycles. The summed E-state index contributed by atoms with van der Waals surface area (Å²) in [6.07, 6.45) is 10.0. The zero-order chi connectivity index (χ0) is 32.2. The molecule has 0 fully saturated rings. The van der Waals surface area contributed by atoms with Crippen molar-refractivity contribution >= 4 is 44.6 Å². The molecule has 4 nitrogen and oxygen atoms in total. The molecule has 1 aliphatic carbocycles. The predicted molar refractivity (Wildman–Crippen MR) is 200 cm³/mol. The summed E-state index contributed by atoms with van der Waals surface area (Å²) in [7, 11) is 2.08. The number of aromatic hydroxyl groups is 1. The van der Waals surface area contributed by atoms with Crippen molar-refractivity contribution in [2.75, 3.05) is 23.4 Å². The van der Waals surface area contributed by atoms with Crippen molar-refractivity contribution in [3.8, 4) is 22.6 Å². The number of fused-ring (bicyclic) bond motifs is 5. The number of rotatable bonds is 5. The van der Waals surface area contributed by atoms with Crippen LogP contribution in [0.25, 0.3) is 38.6 Å². The molecule has 232 valence electrons. The van der Waals surface area contributed by atoms with E-state index in [1.54, 1.807) is 6.07 Å². The van der Waals surface area contributed by atoms with E-state index in [0.29, 0.717) is 0 Å². The minimum atomic E-state index is -0.0200. The lowest BCUT2D eigenvalue weighted by Crippen LogP contribution is -2.30. The molecule has 9 rings (SSSR count). The largest absolute Gasteiger partial charge is 0.507 e. The van der Waals surface area contributed by atoms with Crippen molar-refractivity contribution in [3.63, 3.8) is 0 Å². The fraction of sp³-hybridized carbons (Fsp3) is 0.0909. The predicted octanol–water partition coefficient (Wildman–Crippen LogP) is 10.8. The van der Waals surface area contributed by atoms with E-state index < -0.39 is 0 Å². The van der Waals surface area contributed by atoms with Crippen LogP contribution >= 0.6 is 0 Å². The van der Waals surface area contributed by atoms with Crippen molar-refractivity contribution < 1.29 is 5.11 Å². The van der Waals surface area contributed by atoms with Gasteiger partial charge in [-0.1, -0.05) is 97.1 Å². The van der Waals surface area contributed by atoms with Crippen molar-refractivity contribution in [3.05, 3.63) is 169 Å². The second kappa shape index (κ2) is 11.1. The minimum absolute atomic E-state index is 0.0200. The summed E-state index contributed by atoms with van der Waals surface area (Å²) in [5.74, 6) is 0.253. The molecular weight excluding hydrogens is 587 g/mol. The third kappa shape index (κ3) is 4.37. The minimum Gasteiger partial charge on any atom is -0.507 e. The van der Waals surface area contributed by atoms with E-state index >= 15 is 0 Å². The topological polar surface area (TPSA) is 31.6 Å². The van der Waals surface area contributed by atoms with Gasteiger partial charge >= 0.3 is 0 Å². The van der Waals surface area contributed by atoms with Crippen LogP contribution in [0.4, 0.5) is 22.7 Å². The fourth-order valence-electron chi connectivity index (χ4n) is 7.86. The summed E-state index contributed by atoms with van der Waals surface area (Å²) in [5.41, 5.74) is 10.9. The first-order chi connectivity index (χ1) is 23.6. The molecule has 0 radical (unpaired) electrons. The molecule has 2 heterocycles. The maximum atomic E-state index is 11.5. The number of aromatic nitrogens is 1. The molecule has 1 N–H and O–H groups in total. The van der Waals surface area contributed by atoms with Gasteiger partial charge in [-0.3, -0.25) is 0 Å². The summed E-state index contributed by atoms with van der Waals surface area (Å²) >= 11 is 0. The second-order valence-electron chi connectivity index (χ2n) is 12.9. The molecule has 48 heavy (non-hydrogen) atoms. The Morgan fingerprint density at radius 2 is 1.40 bits per heavy atom. The summed E-state index contributed by atoms with van der Waals surface area (Å²) in [6, 6.07) is 48.9. The van der Waals surface area contributed by atoms with Crippen LogP contribution in [-0.4, -0.2) is 23.3 Å². The van der Waals surface area contributed by atoms with Gasteiger partial charge in [-0.2, -0.15) is 0 Å². The second-order valence-corrected chi connectivity index (χ2v) is 12.9. The average molecular weight is 622 g/mol. The zero-order valence-corrected chi connectivity index (χ0v) is 26.8. The van der Waals surface area contributed by atoms with Gasteiger partial charge < -0.3 is 19.5 Å². The van der Waals surface area contributed by atoms with E-state index in [2.05, 4.69) is 167 Å². The first-order valence-electron chi connectivity index (χ1n) is 16.6. The fourth-order valence-corrected chi connectivity index (χ4v) is 7.86. The Balaban J connectivity index is 1.20. The Morgan fingerprint density at radius 1 is 0.646 bits per heavy atom. The van der Waals surface area contributed by atoms with Crippen molar-refractivity contribution in [2.45, 2.75) is 11.8 Å². The number of phenols is 1. The van der Waals surface area contributed by atoms with Crippen LogP contribution in [0.15, 0.2) is 164 Å². The Bertz CT molecular complexity index is 2400. The van der Waals surface area contributed by atoms with Gasteiger partial charge in [0.2, 0.25) is 0 Å². The molecule has 0 amide bonds. The van der Waals surface area contributed by atoms with E-state index in [9.17, 15) is 5.11 Å². The third-order valence-electron chi connectivity index (χ3n) is 10.2. The molecule has 0 saturated carbocycles. The smallest absolute Gasteiger partial charge is 0.125 e. The lowest BCUT2D eigenvalue weighted by molar-refractivity contribution is 0.477. The molecular formula is C44H35N3O. The first kappa shape index (κ1) is 28.2. The van der Waals surface area contributed by atoms with E-state index in [-0.39, 0.29) is 11.2 Å². The highest BCUT2D eigenvalue weighted by molar-refractivity contribution is 6.11. The molecule has 2 aliphatic rings. The molecule has 1 aromatic heterocycles. The Kier molecular flexibility index (Phi) is 6.51. The number of para-hydroxylation sites is 3. The van der Waals surface area contributed by atoms with Gasteiger partial charge in [0.25, 0.3) is 0 Å². The van der Waals surface area contributed by atoms with E-state index in [0.717, 1.165) is 52.2 Å². The molecule has 6 aromatic carbocycles. The van der Waals surface area contributed by atoms with Crippen LogP contribution in [0, 0.1) is 0 Å². The molecule has 1 spiro atoms. The lowest BCUT2D eigenvalue weighted by Gasteiger charge is -2.28. The average Bonchev–Trinajstić information content (AvgIpc) is 3.64. The molecule has 0 bridgehead atoms. The quantitative estimate of drug-likeness (QED) is 0.207. The molecule has 0 saturated heterocycles. The molecule has 1 atom stereocenters. The van der Waals surface area contributed by atoms with Crippen LogP contribution in [0.5, 0.6) is 5.75 Å². The molecule has 1 unspecified atom stereocenters. The Labute approximate surface area is 280 Å². The van der Waals surface area contributed by atoms with Crippen molar-refractivity contribution in [1.29, 1.82) is 0 Å². The number of nitrogens with zero attached hydrogens (tertiary/aromatic N) is 3. The van der Waals surface area contributed by atoms with Gasteiger partial charge in [-0.15, -0.1) is 0 Å². The summed E-state index contributed by atoms with van der Waals surface area (Å²) in [5, 5.41) is 13.9. The van der Waals surface area contributed by atoms with Gasteiger partial charge in [0.1, 0.15) is 5.75 Å². The van der Waals surface area contributed by atoms with Gasteiger partial charge in [-0.25, -0.2) is 0 Å². The standard InChI is InChI=1S/C44H35N3O/c1-45(32-15-4-2-5-16-32)33-17-12-14-31(28-33)43-41(22-13-23-42(43)48)47-38-20-8-6-18-35(38)36-29-34(24-25-39(36)47)46-30-44(26-10-3-11-27-44)37-19-7-9-21-40(37)46/h2-26,28-29,48H,27,30H2,1H3. The molecule has 7 aromatic rings. The maximum absolute atomic E-state index is 11.5. The summed E-state index contributed by atoms with van der Waals surface area (Å²) in [4.78, 5) is 4.66. The zero-order valence-electron chi connectivity index (χ0n) is 26.8.